The van der Waals surface area contributed by atoms with Crippen LogP contribution < -0.4 is 4.74 Å². The molecule has 3 heteroatoms. The molecule has 0 N–H and O–H groups in total. The summed E-state index contributed by atoms with van der Waals surface area (Å²) in [4.78, 5) is 0. The summed E-state index contributed by atoms with van der Waals surface area (Å²) >= 11 is 0. The average molecular weight is 246 g/mol. The minimum Gasteiger partial charge on any atom is -0.488 e. The molecule has 0 radical (unpaired) electrons. The predicted octanol–water partition coefficient (Wildman–Crippen LogP) is 5.08. The molecule has 0 aliphatic carbocycles. The van der Waals surface area contributed by atoms with Crippen molar-refractivity contribution < 1.29 is 13.5 Å². The molecule has 100 valence electrons. The highest BCUT2D eigenvalue weighted by molar-refractivity contribution is 5.27. The maximum absolute atomic E-state index is 11.7. The second kappa shape index (κ2) is 12.9. The van der Waals surface area contributed by atoms with Gasteiger partial charge in [0.15, 0.2) is 0 Å². The Morgan fingerprint density at radius 3 is 2.12 bits per heavy atom. The Bertz CT molecular complexity index is 262. The first-order valence-electron chi connectivity index (χ1n) is 6.07. The molecule has 0 fully saturated rings. The highest BCUT2D eigenvalue weighted by Crippen LogP contribution is 2.12. The number of hydrogen-bond acceptors (Lipinski definition) is 1. The number of aryl methyl sites for hydroxylation is 1. The molecule has 1 nitrogen and oxygen atoms in total. The Kier molecular flexibility index (Phi) is 13.9. The third kappa shape index (κ3) is 12.8. The minimum atomic E-state index is -2.41. The Labute approximate surface area is 104 Å². The molecule has 0 aliphatic heterocycles. The van der Waals surface area contributed by atoms with Crippen LogP contribution in [0.1, 0.15) is 39.7 Å². The quantitative estimate of drug-likeness (QED) is 0.722. The minimum absolute atomic E-state index is 0.496. The van der Waals surface area contributed by atoms with Crippen molar-refractivity contribution in [2.75, 3.05) is 6.61 Å². The molecule has 0 spiro atoms. The Morgan fingerprint density at radius 2 is 1.71 bits per heavy atom. The first kappa shape index (κ1) is 18.3. The number of hydrogen-bond donors (Lipinski definition) is 0. The van der Waals surface area contributed by atoms with E-state index in [1.165, 1.54) is 6.42 Å². The van der Waals surface area contributed by atoms with Crippen LogP contribution in [-0.4, -0.2) is 13.0 Å². The molecular formula is C14H24F2O. The summed E-state index contributed by atoms with van der Waals surface area (Å²) in [5.74, 6) is 0.496. The van der Waals surface area contributed by atoms with Crippen molar-refractivity contribution in [3.8, 4) is 5.75 Å². The summed E-state index contributed by atoms with van der Waals surface area (Å²) in [5.41, 5.74) is 1.00. The Balaban J connectivity index is 0. The van der Waals surface area contributed by atoms with Crippen LogP contribution in [0.2, 0.25) is 0 Å². The van der Waals surface area contributed by atoms with Gasteiger partial charge in [-0.3, -0.25) is 0 Å². The summed E-state index contributed by atoms with van der Waals surface area (Å²) < 4.78 is 28.2. The highest BCUT2D eigenvalue weighted by Gasteiger charge is 2.02. The summed E-state index contributed by atoms with van der Waals surface area (Å²) in [7, 11) is 0. The van der Waals surface area contributed by atoms with Crippen molar-refractivity contribution in [3.63, 3.8) is 0 Å². The molecule has 1 aromatic rings. The second-order valence-corrected chi connectivity index (χ2v) is 3.23. The van der Waals surface area contributed by atoms with Gasteiger partial charge in [0.1, 0.15) is 12.4 Å². The molecule has 17 heavy (non-hydrogen) atoms. The summed E-state index contributed by atoms with van der Waals surface area (Å²) in [6, 6.07) is 7.04. The standard InChI is InChI=1S/C9H10F2O.C3H8.C2H6/c1-7-3-2-4-8(5-7)12-6-9(10)11;1-3-2;1-2/h2-5,9H,6H2,1H3;3H2,1-2H3;1-2H3. The van der Waals surface area contributed by atoms with Gasteiger partial charge < -0.3 is 4.74 Å². The van der Waals surface area contributed by atoms with Crippen LogP contribution in [-0.2, 0) is 0 Å². The lowest BCUT2D eigenvalue weighted by Gasteiger charge is -2.04. The second-order valence-electron chi connectivity index (χ2n) is 3.23. The van der Waals surface area contributed by atoms with E-state index in [2.05, 4.69) is 13.8 Å². The molecular weight excluding hydrogens is 222 g/mol. The largest absolute Gasteiger partial charge is 0.488 e. The summed E-state index contributed by atoms with van der Waals surface area (Å²) in [6.07, 6.45) is -1.16. The van der Waals surface area contributed by atoms with Crippen LogP contribution >= 0.6 is 0 Å². The van der Waals surface area contributed by atoms with Crippen LogP contribution in [0.15, 0.2) is 24.3 Å². The van der Waals surface area contributed by atoms with Gasteiger partial charge >= 0.3 is 0 Å². The molecule has 0 aromatic heterocycles. The number of alkyl halides is 2. The van der Waals surface area contributed by atoms with Gasteiger partial charge in [0.2, 0.25) is 0 Å². The number of halogens is 2. The fourth-order valence-corrected chi connectivity index (χ4v) is 0.864. The lowest BCUT2D eigenvalue weighted by Crippen LogP contribution is -2.06. The SMILES string of the molecule is CC.CCC.Cc1cccc(OCC(F)F)c1. The zero-order valence-corrected chi connectivity index (χ0v) is 11.5. The van der Waals surface area contributed by atoms with E-state index in [0.717, 1.165) is 5.56 Å². The van der Waals surface area contributed by atoms with Gasteiger partial charge in [0, 0.05) is 0 Å². The third-order valence-electron chi connectivity index (χ3n) is 1.37. The number of benzene rings is 1. The van der Waals surface area contributed by atoms with Crippen molar-refractivity contribution in [2.45, 2.75) is 47.5 Å². The van der Waals surface area contributed by atoms with E-state index in [1.54, 1.807) is 18.2 Å². The third-order valence-corrected chi connectivity index (χ3v) is 1.37. The fraction of sp³-hybridized carbons (Fsp3) is 0.571. The van der Waals surface area contributed by atoms with Crippen LogP contribution in [0, 0.1) is 6.92 Å². The zero-order chi connectivity index (χ0) is 13.7. The van der Waals surface area contributed by atoms with E-state index < -0.39 is 13.0 Å². The van der Waals surface area contributed by atoms with Crippen molar-refractivity contribution in [1.29, 1.82) is 0 Å². The molecule has 0 saturated heterocycles. The zero-order valence-electron chi connectivity index (χ0n) is 11.5. The molecule has 0 amide bonds. The van der Waals surface area contributed by atoms with E-state index in [0.29, 0.717) is 5.75 Å². The summed E-state index contributed by atoms with van der Waals surface area (Å²) in [5, 5.41) is 0. The van der Waals surface area contributed by atoms with Gasteiger partial charge in [0.05, 0.1) is 0 Å². The maximum Gasteiger partial charge on any atom is 0.272 e. The molecule has 0 heterocycles. The first-order chi connectivity index (χ1) is 8.10. The van der Waals surface area contributed by atoms with Crippen molar-refractivity contribution in [3.05, 3.63) is 29.8 Å². The van der Waals surface area contributed by atoms with Gasteiger partial charge in [-0.2, -0.15) is 0 Å². The first-order valence-corrected chi connectivity index (χ1v) is 6.07. The van der Waals surface area contributed by atoms with Crippen LogP contribution in [0.3, 0.4) is 0 Å². The Hall–Kier alpha value is -1.12. The van der Waals surface area contributed by atoms with E-state index in [9.17, 15) is 8.78 Å². The van der Waals surface area contributed by atoms with Crippen molar-refractivity contribution in [2.24, 2.45) is 0 Å². The normalized spacial score (nSPS) is 8.71. The molecule has 0 aliphatic rings. The average Bonchev–Trinajstić information content (AvgIpc) is 2.30. The fourth-order valence-electron chi connectivity index (χ4n) is 0.864. The number of ether oxygens (including phenoxy) is 1. The van der Waals surface area contributed by atoms with Gasteiger partial charge in [-0.15, -0.1) is 0 Å². The van der Waals surface area contributed by atoms with Crippen molar-refractivity contribution >= 4 is 0 Å². The molecule has 1 rings (SSSR count). The lowest BCUT2D eigenvalue weighted by atomic mass is 10.2. The topological polar surface area (TPSA) is 9.23 Å². The van der Waals surface area contributed by atoms with Crippen LogP contribution in [0.4, 0.5) is 8.78 Å². The van der Waals surface area contributed by atoms with E-state index in [4.69, 9.17) is 4.74 Å². The summed E-state index contributed by atoms with van der Waals surface area (Å²) in [6.45, 7) is 9.60. The van der Waals surface area contributed by atoms with Crippen LogP contribution in [0.5, 0.6) is 5.75 Å². The highest BCUT2D eigenvalue weighted by atomic mass is 19.3. The molecule has 0 unspecified atom stereocenters. The monoisotopic (exact) mass is 246 g/mol. The smallest absolute Gasteiger partial charge is 0.272 e. The van der Waals surface area contributed by atoms with Gasteiger partial charge in [-0.05, 0) is 24.6 Å². The van der Waals surface area contributed by atoms with Gasteiger partial charge in [0.25, 0.3) is 6.43 Å². The van der Waals surface area contributed by atoms with Gasteiger partial charge in [-0.1, -0.05) is 46.2 Å². The van der Waals surface area contributed by atoms with Crippen LogP contribution in [0.25, 0.3) is 0 Å². The lowest BCUT2D eigenvalue weighted by molar-refractivity contribution is 0.0819. The molecule has 0 saturated carbocycles. The van der Waals surface area contributed by atoms with Crippen molar-refractivity contribution in [1.82, 2.24) is 0 Å². The maximum atomic E-state index is 11.7. The van der Waals surface area contributed by atoms with E-state index >= 15 is 0 Å². The predicted molar refractivity (Wildman–Crippen MR) is 70.0 cm³/mol. The molecule has 0 atom stereocenters. The molecule has 1 aromatic carbocycles. The number of rotatable bonds is 3. The molecule has 0 bridgehead atoms. The van der Waals surface area contributed by atoms with Gasteiger partial charge in [-0.25, -0.2) is 8.78 Å². The van der Waals surface area contributed by atoms with E-state index in [1.807, 2.05) is 26.8 Å². The van der Waals surface area contributed by atoms with E-state index in [-0.39, 0.29) is 0 Å². The Morgan fingerprint density at radius 1 is 1.18 bits per heavy atom.